The summed E-state index contributed by atoms with van der Waals surface area (Å²) in [6, 6.07) is 17.1. The van der Waals surface area contributed by atoms with Gasteiger partial charge >= 0.3 is 0 Å². The number of para-hydroxylation sites is 2. The summed E-state index contributed by atoms with van der Waals surface area (Å²) in [6.07, 6.45) is 8.73. The molecule has 0 saturated heterocycles. The highest BCUT2D eigenvalue weighted by Gasteiger charge is 2.28. The SMILES string of the molecule is CCCCCN(CCCCC)C(=O)C(Cc1c[nH]c2ccccc12)NC(=O)c1cc2ccccc2[nH]1. The van der Waals surface area contributed by atoms with Crippen LogP contribution in [0.3, 0.4) is 0 Å². The Bertz CT molecular complexity index is 1250. The molecule has 0 fully saturated rings. The van der Waals surface area contributed by atoms with E-state index in [0.29, 0.717) is 12.1 Å². The van der Waals surface area contributed by atoms with Crippen molar-refractivity contribution >= 4 is 33.6 Å². The number of H-pyrrole nitrogens is 2. The number of carbonyl (C=O) groups excluding carboxylic acids is 2. The van der Waals surface area contributed by atoms with E-state index in [1.165, 1.54) is 0 Å². The zero-order chi connectivity index (χ0) is 25.3. The van der Waals surface area contributed by atoms with E-state index in [4.69, 9.17) is 0 Å². The Hall–Kier alpha value is -3.54. The average molecular weight is 487 g/mol. The molecule has 2 aromatic carbocycles. The molecule has 0 aliphatic heterocycles. The molecule has 4 aromatic rings. The Labute approximate surface area is 213 Å². The van der Waals surface area contributed by atoms with Gasteiger partial charge in [-0.15, -0.1) is 0 Å². The third-order valence-electron chi connectivity index (χ3n) is 6.85. The molecule has 2 amide bonds. The molecule has 1 unspecified atom stereocenters. The van der Waals surface area contributed by atoms with Gasteiger partial charge in [-0.2, -0.15) is 0 Å². The number of nitrogens with one attached hydrogen (secondary N) is 3. The van der Waals surface area contributed by atoms with E-state index < -0.39 is 6.04 Å². The Morgan fingerprint density at radius 1 is 0.889 bits per heavy atom. The average Bonchev–Trinajstić information content (AvgIpc) is 3.52. The van der Waals surface area contributed by atoms with E-state index in [9.17, 15) is 9.59 Å². The van der Waals surface area contributed by atoms with Gasteiger partial charge in [0.15, 0.2) is 0 Å². The molecule has 190 valence electrons. The van der Waals surface area contributed by atoms with Gasteiger partial charge in [-0.25, -0.2) is 0 Å². The quantitative estimate of drug-likeness (QED) is 0.197. The lowest BCUT2D eigenvalue weighted by Crippen LogP contribution is -2.50. The largest absolute Gasteiger partial charge is 0.361 e. The van der Waals surface area contributed by atoms with Crippen LogP contribution in [0.1, 0.15) is 68.4 Å². The first-order chi connectivity index (χ1) is 17.6. The van der Waals surface area contributed by atoms with Crippen molar-refractivity contribution < 1.29 is 9.59 Å². The third kappa shape index (κ3) is 6.17. The number of rotatable bonds is 13. The van der Waals surface area contributed by atoms with Gasteiger partial charge in [0.2, 0.25) is 5.91 Å². The summed E-state index contributed by atoms with van der Waals surface area (Å²) >= 11 is 0. The van der Waals surface area contributed by atoms with Gasteiger partial charge in [0, 0.05) is 47.5 Å². The van der Waals surface area contributed by atoms with E-state index in [1.54, 1.807) is 0 Å². The zero-order valence-electron chi connectivity index (χ0n) is 21.5. The van der Waals surface area contributed by atoms with Gasteiger partial charge in [-0.1, -0.05) is 75.9 Å². The summed E-state index contributed by atoms with van der Waals surface area (Å²) in [7, 11) is 0. The van der Waals surface area contributed by atoms with Crippen molar-refractivity contribution in [1.29, 1.82) is 0 Å². The number of nitrogens with zero attached hydrogens (tertiary/aromatic N) is 1. The van der Waals surface area contributed by atoms with Crippen LogP contribution in [0.2, 0.25) is 0 Å². The highest BCUT2D eigenvalue weighted by atomic mass is 16.2. The summed E-state index contributed by atoms with van der Waals surface area (Å²) in [5.74, 6) is -0.261. The van der Waals surface area contributed by atoms with Crippen molar-refractivity contribution in [3.8, 4) is 0 Å². The van der Waals surface area contributed by atoms with E-state index in [0.717, 1.165) is 79.0 Å². The Kier molecular flexibility index (Phi) is 8.82. The molecule has 0 aliphatic carbocycles. The molecule has 0 bridgehead atoms. The summed E-state index contributed by atoms with van der Waals surface area (Å²) in [5, 5.41) is 5.14. The lowest BCUT2D eigenvalue weighted by Gasteiger charge is -2.28. The lowest BCUT2D eigenvalue weighted by molar-refractivity contribution is -0.133. The van der Waals surface area contributed by atoms with Crippen molar-refractivity contribution in [2.75, 3.05) is 13.1 Å². The number of fused-ring (bicyclic) bond motifs is 2. The second-order valence-corrected chi connectivity index (χ2v) is 9.60. The second-order valence-electron chi connectivity index (χ2n) is 9.60. The first kappa shape index (κ1) is 25.5. The normalized spacial score (nSPS) is 12.2. The van der Waals surface area contributed by atoms with E-state index in [2.05, 4.69) is 35.2 Å². The molecular weight excluding hydrogens is 448 g/mol. The first-order valence-corrected chi connectivity index (χ1v) is 13.3. The maximum Gasteiger partial charge on any atom is 0.268 e. The fraction of sp³-hybridized carbons (Fsp3) is 0.400. The van der Waals surface area contributed by atoms with Crippen molar-refractivity contribution in [3.63, 3.8) is 0 Å². The van der Waals surface area contributed by atoms with Gasteiger partial charge in [0.1, 0.15) is 11.7 Å². The second kappa shape index (κ2) is 12.4. The number of amides is 2. The molecule has 0 saturated carbocycles. The first-order valence-electron chi connectivity index (χ1n) is 13.3. The molecule has 0 aliphatic rings. The monoisotopic (exact) mass is 486 g/mol. The van der Waals surface area contributed by atoms with Crippen LogP contribution >= 0.6 is 0 Å². The van der Waals surface area contributed by atoms with E-state index in [-0.39, 0.29) is 11.8 Å². The summed E-state index contributed by atoms with van der Waals surface area (Å²) < 4.78 is 0. The maximum absolute atomic E-state index is 13.9. The number of aromatic nitrogens is 2. The Balaban J connectivity index is 1.59. The molecule has 6 nitrogen and oxygen atoms in total. The number of hydrogen-bond acceptors (Lipinski definition) is 2. The van der Waals surface area contributed by atoms with Crippen LogP contribution in [-0.4, -0.2) is 45.8 Å². The van der Waals surface area contributed by atoms with Crippen LogP contribution < -0.4 is 5.32 Å². The summed E-state index contributed by atoms with van der Waals surface area (Å²) in [5.41, 5.74) is 3.44. The molecule has 6 heteroatoms. The molecule has 1 atom stereocenters. The van der Waals surface area contributed by atoms with Crippen LogP contribution in [0.15, 0.2) is 60.8 Å². The number of aromatic amines is 2. The zero-order valence-corrected chi connectivity index (χ0v) is 21.5. The predicted octanol–water partition coefficient (Wildman–Crippen LogP) is 6.20. The number of unbranched alkanes of at least 4 members (excludes halogenated alkanes) is 4. The highest BCUT2D eigenvalue weighted by molar-refractivity contribution is 6.00. The number of hydrogen-bond donors (Lipinski definition) is 3. The fourth-order valence-electron chi connectivity index (χ4n) is 4.81. The fourth-order valence-corrected chi connectivity index (χ4v) is 4.81. The molecule has 0 radical (unpaired) electrons. The minimum atomic E-state index is -0.647. The minimum Gasteiger partial charge on any atom is -0.361 e. The van der Waals surface area contributed by atoms with E-state index in [1.807, 2.05) is 59.6 Å². The van der Waals surface area contributed by atoms with Crippen LogP contribution in [0.25, 0.3) is 21.8 Å². The molecule has 2 aromatic heterocycles. The third-order valence-corrected chi connectivity index (χ3v) is 6.85. The number of benzene rings is 2. The minimum absolute atomic E-state index is 0.00283. The van der Waals surface area contributed by atoms with Crippen molar-refractivity contribution in [2.45, 2.75) is 64.8 Å². The molecule has 36 heavy (non-hydrogen) atoms. The van der Waals surface area contributed by atoms with Crippen LogP contribution in [0, 0.1) is 0 Å². The standard InChI is InChI=1S/C30H38N4O2/c1-3-5-11-17-34(18-12-6-4-2)30(36)28(20-23-21-31-26-16-10-8-14-24(23)26)33-29(35)27-19-22-13-7-9-15-25(22)32-27/h7-10,13-16,19,21,28,31-32H,3-6,11-12,17-18,20H2,1-2H3,(H,33,35). The van der Waals surface area contributed by atoms with Gasteiger partial charge in [0.25, 0.3) is 5.91 Å². The predicted molar refractivity (Wildman–Crippen MR) is 147 cm³/mol. The molecule has 3 N–H and O–H groups in total. The van der Waals surface area contributed by atoms with Crippen molar-refractivity contribution in [3.05, 3.63) is 72.1 Å². The molecule has 0 spiro atoms. The van der Waals surface area contributed by atoms with Gasteiger partial charge in [0.05, 0.1) is 0 Å². The van der Waals surface area contributed by atoms with E-state index >= 15 is 0 Å². The van der Waals surface area contributed by atoms with Crippen LogP contribution in [0.5, 0.6) is 0 Å². The Morgan fingerprint density at radius 3 is 2.25 bits per heavy atom. The smallest absolute Gasteiger partial charge is 0.268 e. The van der Waals surface area contributed by atoms with Gasteiger partial charge in [-0.05, 0) is 36.6 Å². The lowest BCUT2D eigenvalue weighted by atomic mass is 10.0. The van der Waals surface area contributed by atoms with Crippen molar-refractivity contribution in [2.24, 2.45) is 0 Å². The summed E-state index contributed by atoms with van der Waals surface area (Å²) in [4.78, 5) is 35.7. The molecule has 2 heterocycles. The molecule has 4 rings (SSSR count). The maximum atomic E-state index is 13.9. The topological polar surface area (TPSA) is 81.0 Å². The van der Waals surface area contributed by atoms with Crippen LogP contribution in [0.4, 0.5) is 0 Å². The highest BCUT2D eigenvalue weighted by Crippen LogP contribution is 2.21. The number of carbonyl (C=O) groups is 2. The van der Waals surface area contributed by atoms with Crippen LogP contribution in [-0.2, 0) is 11.2 Å². The Morgan fingerprint density at radius 2 is 1.56 bits per heavy atom. The van der Waals surface area contributed by atoms with Gasteiger partial charge < -0.3 is 20.2 Å². The van der Waals surface area contributed by atoms with Crippen molar-refractivity contribution in [1.82, 2.24) is 20.2 Å². The molecular formula is C30H38N4O2. The summed E-state index contributed by atoms with van der Waals surface area (Å²) in [6.45, 7) is 5.79. The van der Waals surface area contributed by atoms with Gasteiger partial charge in [-0.3, -0.25) is 9.59 Å².